The molecule has 2 amide bonds. The fourth-order valence-electron chi connectivity index (χ4n) is 4.69. The molecule has 196 valence electrons. The molecule has 1 aliphatic rings. The average molecular weight is 514 g/mol. The van der Waals surface area contributed by atoms with E-state index in [0.29, 0.717) is 41.4 Å². The van der Waals surface area contributed by atoms with Crippen molar-refractivity contribution in [3.8, 4) is 22.8 Å². The number of carbonyl (C=O) groups is 1. The van der Waals surface area contributed by atoms with Gasteiger partial charge in [0.05, 0.1) is 25.4 Å². The zero-order valence-corrected chi connectivity index (χ0v) is 21.7. The molecule has 2 aromatic heterocycles. The number of anilines is 3. The van der Waals surface area contributed by atoms with Crippen molar-refractivity contribution in [3.05, 3.63) is 60.2 Å². The minimum Gasteiger partial charge on any atom is -0.493 e. The van der Waals surface area contributed by atoms with E-state index >= 15 is 0 Å². The molecule has 1 atom stereocenters. The number of likely N-dealkylation sites (tertiary alicyclic amines) is 1. The number of piperidine rings is 1. The number of fused-ring (bicyclic) bond motifs is 1. The molecule has 1 saturated heterocycles. The molecule has 0 saturated carbocycles. The van der Waals surface area contributed by atoms with E-state index < -0.39 is 0 Å². The van der Waals surface area contributed by atoms with E-state index in [9.17, 15) is 4.79 Å². The van der Waals surface area contributed by atoms with Gasteiger partial charge in [-0.25, -0.2) is 14.8 Å². The standard InChI is InChI=1S/C28H31N7O3/c1-17-6-4-7-19(14-17)31-28(36)35-13-5-8-20(16-35)30-26-25-22(33-27(29)34-26)11-10-21(32-25)18-9-12-23(37-2)24(15-18)38-3/h4,6-7,9-12,14-15,20H,5,8,13,16H2,1-3H3,(H,31,36)(H3,29,30,33,34). The summed E-state index contributed by atoms with van der Waals surface area (Å²) >= 11 is 0. The minimum absolute atomic E-state index is 0.0175. The molecule has 1 aliphatic heterocycles. The molecule has 0 radical (unpaired) electrons. The number of nitrogens with two attached hydrogens (primary N) is 1. The van der Waals surface area contributed by atoms with E-state index in [0.717, 1.165) is 35.3 Å². The number of hydrogen-bond donors (Lipinski definition) is 3. The lowest BCUT2D eigenvalue weighted by Gasteiger charge is -2.33. The van der Waals surface area contributed by atoms with Gasteiger partial charge >= 0.3 is 6.03 Å². The number of aryl methyl sites for hydroxylation is 1. The molecule has 4 aromatic rings. The van der Waals surface area contributed by atoms with Crippen LogP contribution in [0.25, 0.3) is 22.3 Å². The molecule has 5 rings (SSSR count). The summed E-state index contributed by atoms with van der Waals surface area (Å²) in [5.74, 6) is 1.96. The van der Waals surface area contributed by atoms with Crippen LogP contribution in [-0.4, -0.2) is 59.2 Å². The molecular formula is C28H31N7O3. The second-order valence-corrected chi connectivity index (χ2v) is 9.29. The molecule has 0 aliphatic carbocycles. The van der Waals surface area contributed by atoms with Gasteiger partial charge in [-0.1, -0.05) is 12.1 Å². The van der Waals surface area contributed by atoms with Crippen molar-refractivity contribution in [1.29, 1.82) is 0 Å². The molecule has 10 heteroatoms. The van der Waals surface area contributed by atoms with E-state index in [-0.39, 0.29) is 18.0 Å². The summed E-state index contributed by atoms with van der Waals surface area (Å²) in [7, 11) is 3.20. The third kappa shape index (κ3) is 5.39. The van der Waals surface area contributed by atoms with E-state index in [1.54, 1.807) is 14.2 Å². The van der Waals surface area contributed by atoms with E-state index in [4.69, 9.17) is 20.2 Å². The summed E-state index contributed by atoms with van der Waals surface area (Å²) in [5, 5.41) is 6.48. The molecule has 4 N–H and O–H groups in total. The molecular weight excluding hydrogens is 482 g/mol. The number of nitrogen functional groups attached to an aromatic ring is 1. The lowest BCUT2D eigenvalue weighted by Crippen LogP contribution is -2.47. The van der Waals surface area contributed by atoms with Gasteiger partial charge in [0, 0.05) is 30.4 Å². The van der Waals surface area contributed by atoms with Crippen molar-refractivity contribution in [3.63, 3.8) is 0 Å². The Bertz CT molecular complexity index is 1480. The van der Waals surface area contributed by atoms with Gasteiger partial charge in [0.25, 0.3) is 0 Å². The lowest BCUT2D eigenvalue weighted by molar-refractivity contribution is 0.196. The number of pyridine rings is 1. The van der Waals surface area contributed by atoms with Crippen molar-refractivity contribution in [2.75, 3.05) is 43.7 Å². The summed E-state index contributed by atoms with van der Waals surface area (Å²) in [6, 6.07) is 17.0. The SMILES string of the molecule is COc1ccc(-c2ccc3nc(N)nc(NC4CCCN(C(=O)Nc5cccc(C)c5)C4)c3n2)cc1OC. The van der Waals surface area contributed by atoms with Crippen LogP contribution in [0, 0.1) is 6.92 Å². The van der Waals surface area contributed by atoms with E-state index in [1.165, 1.54) is 0 Å². The van der Waals surface area contributed by atoms with Crippen molar-refractivity contribution in [1.82, 2.24) is 19.9 Å². The van der Waals surface area contributed by atoms with Crippen LogP contribution in [0.1, 0.15) is 18.4 Å². The molecule has 1 unspecified atom stereocenters. The Morgan fingerprint density at radius 1 is 1.03 bits per heavy atom. The van der Waals surface area contributed by atoms with Crippen LogP contribution in [0.4, 0.5) is 22.2 Å². The maximum Gasteiger partial charge on any atom is 0.321 e. The van der Waals surface area contributed by atoms with Crippen LogP contribution in [-0.2, 0) is 0 Å². The monoisotopic (exact) mass is 513 g/mol. The highest BCUT2D eigenvalue weighted by Gasteiger charge is 2.25. The third-order valence-corrected chi connectivity index (χ3v) is 6.56. The Labute approximate surface area is 221 Å². The Hall–Kier alpha value is -4.60. The summed E-state index contributed by atoms with van der Waals surface area (Å²) < 4.78 is 10.8. The van der Waals surface area contributed by atoms with Gasteiger partial charge < -0.3 is 30.7 Å². The molecule has 10 nitrogen and oxygen atoms in total. The summed E-state index contributed by atoms with van der Waals surface area (Å²) in [6.45, 7) is 3.21. The summed E-state index contributed by atoms with van der Waals surface area (Å²) in [4.78, 5) is 28.5. The highest BCUT2D eigenvalue weighted by Crippen LogP contribution is 2.33. The highest BCUT2D eigenvalue weighted by molar-refractivity contribution is 5.90. The van der Waals surface area contributed by atoms with Crippen molar-refractivity contribution >= 4 is 34.5 Å². The van der Waals surface area contributed by atoms with E-state index in [2.05, 4.69) is 20.6 Å². The Balaban J connectivity index is 1.38. The second kappa shape index (κ2) is 10.8. The molecule has 1 fully saturated rings. The fourth-order valence-corrected chi connectivity index (χ4v) is 4.69. The van der Waals surface area contributed by atoms with Crippen molar-refractivity contribution in [2.45, 2.75) is 25.8 Å². The number of aromatic nitrogens is 3. The average Bonchev–Trinajstić information content (AvgIpc) is 2.92. The van der Waals surface area contributed by atoms with Gasteiger partial charge in [-0.2, -0.15) is 4.98 Å². The molecule has 2 aromatic carbocycles. The number of methoxy groups -OCH3 is 2. The normalized spacial score (nSPS) is 15.2. The summed E-state index contributed by atoms with van der Waals surface area (Å²) in [6.07, 6.45) is 1.75. The number of carbonyl (C=O) groups excluding carboxylic acids is 1. The Kier molecular flexibility index (Phi) is 7.12. The van der Waals surface area contributed by atoms with Crippen LogP contribution >= 0.6 is 0 Å². The predicted octanol–water partition coefficient (Wildman–Crippen LogP) is 4.71. The molecule has 38 heavy (non-hydrogen) atoms. The predicted molar refractivity (Wildman–Crippen MR) is 149 cm³/mol. The topological polar surface area (TPSA) is 128 Å². The van der Waals surface area contributed by atoms with Crippen LogP contribution in [0.3, 0.4) is 0 Å². The van der Waals surface area contributed by atoms with Crippen LogP contribution < -0.4 is 25.8 Å². The first-order valence-electron chi connectivity index (χ1n) is 12.5. The molecule has 0 spiro atoms. The third-order valence-electron chi connectivity index (χ3n) is 6.56. The van der Waals surface area contributed by atoms with E-state index in [1.807, 2.05) is 66.4 Å². The van der Waals surface area contributed by atoms with Crippen LogP contribution in [0.15, 0.2) is 54.6 Å². The molecule has 3 heterocycles. The lowest BCUT2D eigenvalue weighted by atomic mass is 10.1. The first-order chi connectivity index (χ1) is 18.4. The fraction of sp³-hybridized carbons (Fsp3) is 0.286. The first-order valence-corrected chi connectivity index (χ1v) is 12.5. The number of nitrogens with one attached hydrogen (secondary N) is 2. The number of urea groups is 1. The minimum atomic E-state index is -0.122. The van der Waals surface area contributed by atoms with Crippen LogP contribution in [0.2, 0.25) is 0 Å². The van der Waals surface area contributed by atoms with Gasteiger partial charge in [0.2, 0.25) is 5.95 Å². The largest absolute Gasteiger partial charge is 0.493 e. The maximum atomic E-state index is 13.0. The number of hydrogen-bond acceptors (Lipinski definition) is 8. The van der Waals surface area contributed by atoms with Gasteiger partial charge in [0.1, 0.15) is 5.52 Å². The first kappa shape index (κ1) is 25.1. The summed E-state index contributed by atoms with van der Waals surface area (Å²) in [5.41, 5.74) is 10.7. The number of rotatable bonds is 6. The highest BCUT2D eigenvalue weighted by atomic mass is 16.5. The molecule has 0 bridgehead atoms. The van der Waals surface area contributed by atoms with Crippen LogP contribution in [0.5, 0.6) is 11.5 Å². The number of ether oxygens (including phenoxy) is 2. The number of benzene rings is 2. The Morgan fingerprint density at radius 3 is 2.66 bits per heavy atom. The second-order valence-electron chi connectivity index (χ2n) is 9.29. The van der Waals surface area contributed by atoms with Gasteiger partial charge in [-0.15, -0.1) is 0 Å². The Morgan fingerprint density at radius 2 is 1.87 bits per heavy atom. The smallest absolute Gasteiger partial charge is 0.321 e. The van der Waals surface area contributed by atoms with Gasteiger partial charge in [0.15, 0.2) is 17.3 Å². The quantitative estimate of drug-likeness (QED) is 0.338. The zero-order chi connectivity index (χ0) is 26.6. The maximum absolute atomic E-state index is 13.0. The number of nitrogens with zero attached hydrogens (tertiary/aromatic N) is 4. The van der Waals surface area contributed by atoms with Gasteiger partial charge in [-0.05, 0) is 67.8 Å². The van der Waals surface area contributed by atoms with Gasteiger partial charge in [-0.3, -0.25) is 0 Å². The van der Waals surface area contributed by atoms with Crippen molar-refractivity contribution < 1.29 is 14.3 Å². The zero-order valence-electron chi connectivity index (χ0n) is 21.7. The van der Waals surface area contributed by atoms with Crippen molar-refractivity contribution in [2.24, 2.45) is 0 Å². The number of amides is 2.